The minimum absolute atomic E-state index is 0.507. The van der Waals surface area contributed by atoms with Crippen LogP contribution in [0.3, 0.4) is 0 Å². The highest BCUT2D eigenvalue weighted by Gasteiger charge is 2.32. The summed E-state index contributed by atoms with van der Waals surface area (Å²) < 4.78 is 35.9. The molecule has 78 valence electrons. The first kappa shape index (κ1) is 11.2. The summed E-state index contributed by atoms with van der Waals surface area (Å²) in [6.45, 7) is 0.363. The number of thiol groups is 1. The molecule has 0 N–H and O–H groups in total. The van der Waals surface area contributed by atoms with E-state index in [9.17, 15) is 13.2 Å². The van der Waals surface area contributed by atoms with E-state index in [0.29, 0.717) is 19.0 Å². The van der Waals surface area contributed by atoms with Gasteiger partial charge in [-0.25, -0.2) is 0 Å². The van der Waals surface area contributed by atoms with E-state index >= 15 is 0 Å². The van der Waals surface area contributed by atoms with Crippen LogP contribution in [0, 0.1) is 5.92 Å². The zero-order valence-corrected chi connectivity index (χ0v) is 8.24. The Morgan fingerprint density at radius 2 is 1.77 bits per heavy atom. The van der Waals surface area contributed by atoms with Gasteiger partial charge in [0, 0.05) is 0 Å². The van der Waals surface area contributed by atoms with Crippen molar-refractivity contribution in [1.82, 2.24) is 4.90 Å². The molecule has 0 atom stereocenters. The Hall–Kier alpha value is 0.100. The first-order valence-corrected chi connectivity index (χ1v) is 5.04. The summed E-state index contributed by atoms with van der Waals surface area (Å²) in [6.07, 6.45) is -2.35. The van der Waals surface area contributed by atoms with E-state index < -0.39 is 12.7 Å². The van der Waals surface area contributed by atoms with Gasteiger partial charge in [-0.1, -0.05) is 0 Å². The molecule has 0 unspecified atom stereocenters. The second-order valence-corrected chi connectivity index (χ2v) is 3.88. The Labute approximate surface area is 81.7 Å². The fraction of sp³-hybridized carbons (Fsp3) is 1.00. The van der Waals surface area contributed by atoms with Gasteiger partial charge in [-0.2, -0.15) is 25.8 Å². The Kier molecular flexibility index (Phi) is 3.91. The number of alkyl halides is 3. The van der Waals surface area contributed by atoms with Gasteiger partial charge in [0.15, 0.2) is 0 Å². The van der Waals surface area contributed by atoms with E-state index in [1.165, 1.54) is 4.90 Å². The van der Waals surface area contributed by atoms with Crippen LogP contribution in [0.4, 0.5) is 13.2 Å². The van der Waals surface area contributed by atoms with Crippen molar-refractivity contribution in [3.05, 3.63) is 0 Å². The Balaban J connectivity index is 2.25. The number of nitrogens with zero attached hydrogens (tertiary/aromatic N) is 1. The van der Waals surface area contributed by atoms with E-state index in [4.69, 9.17) is 0 Å². The van der Waals surface area contributed by atoms with Crippen molar-refractivity contribution >= 4 is 12.6 Å². The molecule has 1 nitrogen and oxygen atoms in total. The van der Waals surface area contributed by atoms with Crippen molar-refractivity contribution in [3.8, 4) is 0 Å². The third-order valence-corrected chi connectivity index (χ3v) is 2.88. The zero-order chi connectivity index (χ0) is 9.90. The molecule has 1 fully saturated rings. The average molecular weight is 213 g/mol. The van der Waals surface area contributed by atoms with Crippen LogP contribution in [0.25, 0.3) is 0 Å². The van der Waals surface area contributed by atoms with Crippen molar-refractivity contribution < 1.29 is 13.2 Å². The molecular formula is C8H14F3NS. The topological polar surface area (TPSA) is 3.24 Å². The number of piperidine rings is 1. The van der Waals surface area contributed by atoms with E-state index in [0.717, 1.165) is 18.6 Å². The number of likely N-dealkylation sites (tertiary alicyclic amines) is 1. The fourth-order valence-corrected chi connectivity index (χ4v) is 1.95. The summed E-state index contributed by atoms with van der Waals surface area (Å²) in [6, 6.07) is 0. The molecule has 0 amide bonds. The molecule has 0 aromatic rings. The van der Waals surface area contributed by atoms with Gasteiger partial charge in [0.2, 0.25) is 0 Å². The SMILES string of the molecule is FC(F)(F)CN1CCC(CS)CC1. The van der Waals surface area contributed by atoms with Crippen LogP contribution in [0.5, 0.6) is 0 Å². The van der Waals surface area contributed by atoms with Gasteiger partial charge in [0.05, 0.1) is 6.54 Å². The molecule has 13 heavy (non-hydrogen) atoms. The number of hydrogen-bond acceptors (Lipinski definition) is 2. The summed E-state index contributed by atoms with van der Waals surface area (Å²) in [5.41, 5.74) is 0. The predicted molar refractivity (Wildman–Crippen MR) is 49.1 cm³/mol. The third-order valence-electron chi connectivity index (χ3n) is 2.37. The average Bonchev–Trinajstić information content (AvgIpc) is 2.03. The lowest BCUT2D eigenvalue weighted by Gasteiger charge is -2.31. The summed E-state index contributed by atoms with van der Waals surface area (Å²) >= 11 is 4.14. The predicted octanol–water partition coefficient (Wildman–Crippen LogP) is 2.19. The highest BCUT2D eigenvalue weighted by molar-refractivity contribution is 7.80. The molecule has 1 saturated heterocycles. The van der Waals surface area contributed by atoms with Crippen molar-refractivity contribution in [3.63, 3.8) is 0 Å². The van der Waals surface area contributed by atoms with Crippen LogP contribution >= 0.6 is 12.6 Å². The molecule has 0 spiro atoms. The molecule has 1 heterocycles. The maximum Gasteiger partial charge on any atom is 0.401 e. The monoisotopic (exact) mass is 213 g/mol. The summed E-state index contributed by atoms with van der Waals surface area (Å²) in [5, 5.41) is 0. The second-order valence-electron chi connectivity index (χ2n) is 3.52. The largest absolute Gasteiger partial charge is 0.401 e. The molecule has 1 rings (SSSR count). The maximum atomic E-state index is 12.0. The van der Waals surface area contributed by atoms with Gasteiger partial charge in [-0.3, -0.25) is 4.90 Å². The highest BCUT2D eigenvalue weighted by Crippen LogP contribution is 2.22. The lowest BCUT2D eigenvalue weighted by Crippen LogP contribution is -2.40. The molecule has 1 aliphatic rings. The lowest BCUT2D eigenvalue weighted by molar-refractivity contribution is -0.148. The van der Waals surface area contributed by atoms with E-state index in [1.54, 1.807) is 0 Å². The van der Waals surface area contributed by atoms with Gasteiger partial charge in [-0.15, -0.1) is 0 Å². The van der Waals surface area contributed by atoms with Crippen LogP contribution in [0.1, 0.15) is 12.8 Å². The Bertz CT molecular complexity index is 152. The quantitative estimate of drug-likeness (QED) is 0.688. The first-order chi connectivity index (χ1) is 6.01. The van der Waals surface area contributed by atoms with E-state index in [1.807, 2.05) is 0 Å². The number of hydrogen-bond donors (Lipinski definition) is 1. The molecule has 0 aromatic heterocycles. The van der Waals surface area contributed by atoms with Crippen molar-refractivity contribution in [1.29, 1.82) is 0 Å². The van der Waals surface area contributed by atoms with Gasteiger partial charge >= 0.3 is 6.18 Å². The van der Waals surface area contributed by atoms with Gasteiger partial charge in [0.25, 0.3) is 0 Å². The summed E-state index contributed by atoms with van der Waals surface area (Å²) in [4.78, 5) is 1.47. The van der Waals surface area contributed by atoms with Crippen LogP contribution in [-0.4, -0.2) is 36.5 Å². The van der Waals surface area contributed by atoms with Crippen LogP contribution < -0.4 is 0 Å². The van der Waals surface area contributed by atoms with Gasteiger partial charge < -0.3 is 0 Å². The fourth-order valence-electron chi connectivity index (χ4n) is 1.58. The maximum absolute atomic E-state index is 12.0. The minimum atomic E-state index is -4.05. The summed E-state index contributed by atoms with van der Waals surface area (Å²) in [7, 11) is 0. The second kappa shape index (κ2) is 4.55. The van der Waals surface area contributed by atoms with Crippen LogP contribution in [0.15, 0.2) is 0 Å². The highest BCUT2D eigenvalue weighted by atomic mass is 32.1. The van der Waals surface area contributed by atoms with Crippen molar-refractivity contribution in [2.24, 2.45) is 5.92 Å². The molecule has 5 heteroatoms. The van der Waals surface area contributed by atoms with Crippen LogP contribution in [-0.2, 0) is 0 Å². The van der Waals surface area contributed by atoms with Crippen molar-refractivity contribution in [2.75, 3.05) is 25.4 Å². The Morgan fingerprint density at radius 1 is 1.23 bits per heavy atom. The standard InChI is InChI=1S/C8H14F3NS/c9-8(10,11)6-12-3-1-7(5-13)2-4-12/h7,13H,1-6H2. The van der Waals surface area contributed by atoms with Crippen molar-refractivity contribution in [2.45, 2.75) is 19.0 Å². The third kappa shape index (κ3) is 4.22. The normalized spacial score (nSPS) is 22.2. The molecular weight excluding hydrogens is 199 g/mol. The Morgan fingerprint density at radius 3 is 2.15 bits per heavy atom. The van der Waals surface area contributed by atoms with E-state index in [2.05, 4.69) is 12.6 Å². The zero-order valence-electron chi connectivity index (χ0n) is 7.35. The molecule has 0 aromatic carbocycles. The smallest absolute Gasteiger partial charge is 0.295 e. The van der Waals surface area contributed by atoms with Gasteiger partial charge in [-0.05, 0) is 37.6 Å². The number of rotatable bonds is 2. The molecule has 0 aliphatic carbocycles. The minimum Gasteiger partial charge on any atom is -0.295 e. The van der Waals surface area contributed by atoms with Gasteiger partial charge in [0.1, 0.15) is 0 Å². The summed E-state index contributed by atoms with van der Waals surface area (Å²) in [5.74, 6) is 1.30. The lowest BCUT2D eigenvalue weighted by atomic mass is 9.99. The molecule has 0 saturated carbocycles. The first-order valence-electron chi connectivity index (χ1n) is 4.41. The van der Waals surface area contributed by atoms with Crippen LogP contribution in [0.2, 0.25) is 0 Å². The van der Waals surface area contributed by atoms with E-state index in [-0.39, 0.29) is 0 Å². The molecule has 1 aliphatic heterocycles. The molecule has 0 radical (unpaired) electrons. The number of halogens is 3. The molecule has 0 bridgehead atoms.